The quantitative estimate of drug-likeness (QED) is 0.556. The fourth-order valence-corrected chi connectivity index (χ4v) is 4.03. The van der Waals surface area contributed by atoms with E-state index in [1.54, 1.807) is 18.1 Å². The minimum atomic E-state index is -0.336. The van der Waals surface area contributed by atoms with Crippen LogP contribution in [0, 0.1) is 6.92 Å². The number of nitrogens with zero attached hydrogens (tertiary/aromatic N) is 3. The summed E-state index contributed by atoms with van der Waals surface area (Å²) >= 11 is 0. The Morgan fingerprint density at radius 2 is 1.88 bits per heavy atom. The lowest BCUT2D eigenvalue weighted by Gasteiger charge is -2.25. The first-order valence-corrected chi connectivity index (χ1v) is 11.4. The van der Waals surface area contributed by atoms with Gasteiger partial charge in [0.2, 0.25) is 5.91 Å². The van der Waals surface area contributed by atoms with E-state index in [0.29, 0.717) is 31.9 Å². The minimum absolute atomic E-state index is 0.00144. The molecule has 0 spiro atoms. The number of nitrogens with one attached hydrogen (secondary N) is 1. The number of benzene rings is 2. The molecule has 8 heteroatoms. The first kappa shape index (κ1) is 23.5. The molecule has 1 saturated heterocycles. The van der Waals surface area contributed by atoms with Crippen LogP contribution in [0.4, 0.5) is 0 Å². The van der Waals surface area contributed by atoms with E-state index >= 15 is 0 Å². The molecular formula is C26H30N4O4. The fourth-order valence-electron chi connectivity index (χ4n) is 4.03. The molecule has 1 aliphatic heterocycles. The Hall–Kier alpha value is -3.65. The molecule has 0 radical (unpaired) electrons. The summed E-state index contributed by atoms with van der Waals surface area (Å²) in [4.78, 5) is 29.6. The molecule has 0 bridgehead atoms. The average molecular weight is 463 g/mol. The highest BCUT2D eigenvalue weighted by atomic mass is 16.5. The number of aromatic amines is 1. The van der Waals surface area contributed by atoms with Crippen molar-refractivity contribution in [3.8, 4) is 5.75 Å². The van der Waals surface area contributed by atoms with Gasteiger partial charge >= 0.3 is 0 Å². The minimum Gasteiger partial charge on any atom is -0.497 e. The molecule has 0 saturated carbocycles. The second-order valence-electron chi connectivity index (χ2n) is 8.48. The highest BCUT2D eigenvalue weighted by Crippen LogP contribution is 2.17. The third-order valence-electron chi connectivity index (χ3n) is 5.87. The number of aryl methyl sites for hydroxylation is 1. The van der Waals surface area contributed by atoms with Crippen LogP contribution in [-0.2, 0) is 22.6 Å². The summed E-state index contributed by atoms with van der Waals surface area (Å²) in [5, 5.41) is 6.88. The van der Waals surface area contributed by atoms with Gasteiger partial charge in [0.05, 0.1) is 19.8 Å². The molecule has 1 aromatic heterocycles. The van der Waals surface area contributed by atoms with Gasteiger partial charge in [0.1, 0.15) is 18.0 Å². The molecule has 8 nitrogen and oxygen atoms in total. The molecule has 1 atom stereocenters. The van der Waals surface area contributed by atoms with Crippen molar-refractivity contribution in [2.24, 2.45) is 0 Å². The van der Waals surface area contributed by atoms with Crippen LogP contribution < -0.4 is 4.74 Å². The van der Waals surface area contributed by atoms with E-state index in [4.69, 9.17) is 9.47 Å². The normalized spacial score (nSPS) is 16.4. The summed E-state index contributed by atoms with van der Waals surface area (Å²) in [6, 6.07) is 19.4. The van der Waals surface area contributed by atoms with Crippen LogP contribution in [0.25, 0.3) is 0 Å². The van der Waals surface area contributed by atoms with Gasteiger partial charge < -0.3 is 19.3 Å². The summed E-state index contributed by atoms with van der Waals surface area (Å²) < 4.78 is 11.5. The third-order valence-corrected chi connectivity index (χ3v) is 5.87. The van der Waals surface area contributed by atoms with Crippen molar-refractivity contribution in [1.29, 1.82) is 0 Å². The van der Waals surface area contributed by atoms with Crippen molar-refractivity contribution in [3.63, 3.8) is 0 Å². The monoisotopic (exact) mass is 462 g/mol. The van der Waals surface area contributed by atoms with Gasteiger partial charge in [-0.15, -0.1) is 0 Å². The van der Waals surface area contributed by atoms with Crippen LogP contribution in [0.15, 0.2) is 60.7 Å². The standard InChI is InChI=1S/C26H30N4O4/c1-19-13-24(28-27-19)26(32)30-16-23(34-18-21-9-6-10-22(14-21)33-2)15-29(25(31)17-30)12-11-20-7-4-3-5-8-20/h3-10,13-14,23H,11-12,15-18H2,1-2H3,(H,27,28). The fraction of sp³-hybridized carbons (Fsp3) is 0.346. The Morgan fingerprint density at radius 3 is 2.62 bits per heavy atom. The molecule has 0 aliphatic carbocycles. The van der Waals surface area contributed by atoms with E-state index < -0.39 is 0 Å². The van der Waals surface area contributed by atoms with Crippen molar-refractivity contribution >= 4 is 11.8 Å². The van der Waals surface area contributed by atoms with Gasteiger partial charge in [-0.25, -0.2) is 0 Å². The van der Waals surface area contributed by atoms with Crippen molar-refractivity contribution in [1.82, 2.24) is 20.0 Å². The summed E-state index contributed by atoms with van der Waals surface area (Å²) in [5.41, 5.74) is 3.22. The number of hydrogen-bond acceptors (Lipinski definition) is 5. The van der Waals surface area contributed by atoms with Crippen molar-refractivity contribution in [3.05, 3.63) is 83.2 Å². The Balaban J connectivity index is 1.49. The molecule has 34 heavy (non-hydrogen) atoms. The number of rotatable bonds is 8. The van der Waals surface area contributed by atoms with Gasteiger partial charge in [0, 0.05) is 25.3 Å². The predicted molar refractivity (Wildman–Crippen MR) is 128 cm³/mol. The number of hydrogen-bond donors (Lipinski definition) is 1. The molecule has 4 rings (SSSR count). The van der Waals surface area contributed by atoms with Gasteiger partial charge in [-0.3, -0.25) is 14.7 Å². The summed E-state index contributed by atoms with van der Waals surface area (Å²) in [5.74, 6) is 0.383. The van der Waals surface area contributed by atoms with Crippen LogP contribution in [0.3, 0.4) is 0 Å². The van der Waals surface area contributed by atoms with Gasteiger partial charge in [0.15, 0.2) is 0 Å². The molecule has 2 heterocycles. The molecule has 2 aromatic carbocycles. The molecular weight excluding hydrogens is 432 g/mol. The number of aromatic nitrogens is 2. The molecule has 2 amide bonds. The number of methoxy groups -OCH3 is 1. The summed E-state index contributed by atoms with van der Waals surface area (Å²) in [6.45, 7) is 3.47. The number of amides is 2. The molecule has 1 fully saturated rings. The third kappa shape index (κ3) is 6.02. The van der Waals surface area contributed by atoms with Gasteiger partial charge in [0.25, 0.3) is 5.91 Å². The van der Waals surface area contributed by atoms with E-state index in [0.717, 1.165) is 29.0 Å². The number of carbonyl (C=O) groups excluding carboxylic acids is 2. The highest BCUT2D eigenvalue weighted by Gasteiger charge is 2.32. The van der Waals surface area contributed by atoms with Crippen LogP contribution in [0.1, 0.15) is 27.3 Å². The van der Waals surface area contributed by atoms with Crippen LogP contribution in [-0.4, -0.2) is 71.2 Å². The van der Waals surface area contributed by atoms with Crippen LogP contribution >= 0.6 is 0 Å². The van der Waals surface area contributed by atoms with Crippen molar-refractivity contribution in [2.75, 3.05) is 33.3 Å². The number of carbonyl (C=O) groups is 2. The Morgan fingerprint density at radius 1 is 1.09 bits per heavy atom. The predicted octanol–water partition coefficient (Wildman–Crippen LogP) is 2.84. The Bertz CT molecular complexity index is 1110. The Labute approximate surface area is 199 Å². The number of H-pyrrole nitrogens is 1. The lowest BCUT2D eigenvalue weighted by atomic mass is 10.1. The SMILES string of the molecule is COc1cccc(COC2CN(CCc3ccccc3)C(=O)CN(C(=O)c3cc(C)[nH]n3)C2)c1. The first-order chi connectivity index (χ1) is 16.5. The van der Waals surface area contributed by atoms with Gasteiger partial charge in [-0.2, -0.15) is 5.10 Å². The zero-order valence-electron chi connectivity index (χ0n) is 19.6. The maximum absolute atomic E-state index is 13.1. The van der Waals surface area contributed by atoms with Gasteiger partial charge in [-0.1, -0.05) is 42.5 Å². The van der Waals surface area contributed by atoms with Gasteiger partial charge in [-0.05, 0) is 42.7 Å². The second kappa shape index (κ2) is 11.0. The van der Waals surface area contributed by atoms with Crippen molar-refractivity contribution in [2.45, 2.75) is 26.1 Å². The largest absolute Gasteiger partial charge is 0.497 e. The smallest absolute Gasteiger partial charge is 0.274 e. The van der Waals surface area contributed by atoms with Crippen LogP contribution in [0.2, 0.25) is 0 Å². The maximum Gasteiger partial charge on any atom is 0.274 e. The first-order valence-electron chi connectivity index (χ1n) is 11.4. The molecule has 178 valence electrons. The van der Waals surface area contributed by atoms with E-state index in [9.17, 15) is 9.59 Å². The van der Waals surface area contributed by atoms with E-state index in [-0.39, 0.29) is 24.5 Å². The molecule has 1 unspecified atom stereocenters. The highest BCUT2D eigenvalue weighted by molar-refractivity contribution is 5.95. The lowest BCUT2D eigenvalue weighted by molar-refractivity contribution is -0.131. The van der Waals surface area contributed by atoms with E-state index in [1.807, 2.05) is 49.4 Å². The average Bonchev–Trinajstić information content (AvgIpc) is 3.23. The second-order valence-corrected chi connectivity index (χ2v) is 8.48. The molecule has 1 N–H and O–H groups in total. The number of ether oxygens (including phenoxy) is 2. The summed E-state index contributed by atoms with van der Waals surface area (Å²) in [7, 11) is 1.63. The van der Waals surface area contributed by atoms with Crippen LogP contribution in [0.5, 0.6) is 5.75 Å². The zero-order valence-corrected chi connectivity index (χ0v) is 19.6. The summed E-state index contributed by atoms with van der Waals surface area (Å²) in [6.07, 6.45) is 0.402. The van der Waals surface area contributed by atoms with Crippen molar-refractivity contribution < 1.29 is 19.1 Å². The molecule has 1 aliphatic rings. The van der Waals surface area contributed by atoms with E-state index in [1.165, 1.54) is 4.90 Å². The Kier molecular flexibility index (Phi) is 7.59. The topological polar surface area (TPSA) is 87.8 Å². The zero-order chi connectivity index (χ0) is 23.9. The van der Waals surface area contributed by atoms with E-state index in [2.05, 4.69) is 22.3 Å². The maximum atomic E-state index is 13.1. The lowest BCUT2D eigenvalue weighted by Crippen LogP contribution is -2.40. The molecule has 3 aromatic rings.